The summed E-state index contributed by atoms with van der Waals surface area (Å²) in [4.78, 5) is 0. The summed E-state index contributed by atoms with van der Waals surface area (Å²) in [6, 6.07) is 0. The Morgan fingerprint density at radius 1 is 1.40 bits per heavy atom. The molecule has 2 fully saturated rings. The lowest BCUT2D eigenvalue weighted by atomic mass is 9.85. The van der Waals surface area contributed by atoms with Crippen LogP contribution in [-0.2, 0) is 0 Å². The molecule has 0 nitrogen and oxygen atoms in total. The molecule has 0 aliphatic heterocycles. The van der Waals surface area contributed by atoms with Gasteiger partial charge in [-0.15, -0.1) is 0 Å². The van der Waals surface area contributed by atoms with Crippen LogP contribution >= 0.6 is 0 Å². The summed E-state index contributed by atoms with van der Waals surface area (Å²) >= 11 is 0. The highest BCUT2D eigenvalue weighted by Crippen LogP contribution is 2.60. The first-order chi connectivity index (χ1) is 4.78. The molecule has 0 heterocycles. The zero-order valence-electron chi connectivity index (χ0n) is 7.19. The second-order valence-electron chi connectivity index (χ2n) is 4.34. The lowest BCUT2D eigenvalue weighted by molar-refractivity contribution is 0.286. The molecule has 2 saturated carbocycles. The summed E-state index contributed by atoms with van der Waals surface area (Å²) in [7, 11) is 0. The Morgan fingerprint density at radius 2 is 2.00 bits per heavy atom. The standard InChI is InChI=1S/C10H18/c1-3-10(6-7-10)8(2)9-4-5-9/h8-9H,3-7H2,1-2H3. The van der Waals surface area contributed by atoms with Crippen LogP contribution in [0.4, 0.5) is 0 Å². The first-order valence-corrected chi connectivity index (χ1v) is 4.78. The van der Waals surface area contributed by atoms with Gasteiger partial charge in [0.1, 0.15) is 0 Å². The summed E-state index contributed by atoms with van der Waals surface area (Å²) in [5.74, 6) is 2.18. The predicted octanol–water partition coefficient (Wildman–Crippen LogP) is 3.22. The van der Waals surface area contributed by atoms with Crippen LogP contribution in [0.15, 0.2) is 0 Å². The van der Waals surface area contributed by atoms with Gasteiger partial charge >= 0.3 is 0 Å². The zero-order valence-corrected chi connectivity index (χ0v) is 7.19. The Balaban J connectivity index is 1.95. The van der Waals surface area contributed by atoms with Crippen molar-refractivity contribution in [2.45, 2.75) is 46.0 Å². The second-order valence-corrected chi connectivity index (χ2v) is 4.34. The third-order valence-corrected chi connectivity index (χ3v) is 3.89. The molecule has 0 aromatic rings. The molecule has 58 valence electrons. The van der Waals surface area contributed by atoms with Crippen molar-refractivity contribution in [2.24, 2.45) is 17.3 Å². The molecule has 0 heteroatoms. The van der Waals surface area contributed by atoms with Crippen molar-refractivity contribution in [1.29, 1.82) is 0 Å². The molecule has 0 aromatic heterocycles. The first-order valence-electron chi connectivity index (χ1n) is 4.78. The van der Waals surface area contributed by atoms with Crippen molar-refractivity contribution in [3.8, 4) is 0 Å². The van der Waals surface area contributed by atoms with Crippen molar-refractivity contribution < 1.29 is 0 Å². The smallest absolute Gasteiger partial charge is 0.0271 e. The van der Waals surface area contributed by atoms with Crippen LogP contribution < -0.4 is 0 Å². The van der Waals surface area contributed by atoms with E-state index in [1.165, 1.54) is 32.1 Å². The van der Waals surface area contributed by atoms with Crippen LogP contribution in [0, 0.1) is 17.3 Å². The van der Waals surface area contributed by atoms with Gasteiger partial charge in [0.25, 0.3) is 0 Å². The van der Waals surface area contributed by atoms with E-state index in [0.29, 0.717) is 0 Å². The van der Waals surface area contributed by atoms with Gasteiger partial charge in [-0.3, -0.25) is 0 Å². The van der Waals surface area contributed by atoms with E-state index in [1.54, 1.807) is 0 Å². The molecule has 1 unspecified atom stereocenters. The second kappa shape index (κ2) is 1.99. The van der Waals surface area contributed by atoms with Crippen LogP contribution in [0.1, 0.15) is 46.0 Å². The quantitative estimate of drug-likeness (QED) is 0.561. The third kappa shape index (κ3) is 0.889. The fourth-order valence-electron chi connectivity index (χ4n) is 2.39. The van der Waals surface area contributed by atoms with Crippen molar-refractivity contribution in [1.82, 2.24) is 0 Å². The van der Waals surface area contributed by atoms with E-state index in [0.717, 1.165) is 17.3 Å². The van der Waals surface area contributed by atoms with Gasteiger partial charge in [-0.05, 0) is 42.9 Å². The minimum Gasteiger partial charge on any atom is -0.0648 e. The van der Waals surface area contributed by atoms with Gasteiger partial charge in [0, 0.05) is 0 Å². The molecule has 0 N–H and O–H groups in total. The van der Waals surface area contributed by atoms with Gasteiger partial charge in [-0.2, -0.15) is 0 Å². The average molecular weight is 138 g/mol. The molecular formula is C10H18. The maximum Gasteiger partial charge on any atom is -0.0271 e. The van der Waals surface area contributed by atoms with Crippen LogP contribution in [0.2, 0.25) is 0 Å². The van der Waals surface area contributed by atoms with Crippen LogP contribution in [0.25, 0.3) is 0 Å². The fraction of sp³-hybridized carbons (Fsp3) is 1.00. The Morgan fingerprint density at radius 3 is 2.30 bits per heavy atom. The minimum absolute atomic E-state index is 0.834. The molecule has 2 aliphatic carbocycles. The Labute approximate surface area is 64.0 Å². The lowest BCUT2D eigenvalue weighted by Crippen LogP contribution is -2.13. The molecule has 2 rings (SSSR count). The molecule has 10 heavy (non-hydrogen) atoms. The van der Waals surface area contributed by atoms with Gasteiger partial charge in [0.15, 0.2) is 0 Å². The maximum absolute atomic E-state index is 2.48. The molecule has 0 spiro atoms. The Hall–Kier alpha value is 0. The number of rotatable bonds is 3. The summed E-state index contributed by atoms with van der Waals surface area (Å²) < 4.78 is 0. The maximum atomic E-state index is 2.48. The van der Waals surface area contributed by atoms with Crippen molar-refractivity contribution in [3.63, 3.8) is 0 Å². The van der Waals surface area contributed by atoms with Crippen molar-refractivity contribution in [2.75, 3.05) is 0 Å². The molecule has 0 radical (unpaired) electrons. The highest BCUT2D eigenvalue weighted by atomic mass is 14.5. The molecule has 0 aromatic carbocycles. The molecule has 0 amide bonds. The van der Waals surface area contributed by atoms with Gasteiger partial charge in [-0.1, -0.05) is 20.3 Å². The van der Waals surface area contributed by atoms with Crippen molar-refractivity contribution in [3.05, 3.63) is 0 Å². The van der Waals surface area contributed by atoms with Gasteiger partial charge < -0.3 is 0 Å². The highest BCUT2D eigenvalue weighted by molar-refractivity contribution is 5.00. The predicted molar refractivity (Wildman–Crippen MR) is 43.8 cm³/mol. The minimum atomic E-state index is 0.834. The zero-order chi connectivity index (χ0) is 7.19. The molecular weight excluding hydrogens is 120 g/mol. The Kier molecular flexibility index (Phi) is 1.33. The van der Waals surface area contributed by atoms with E-state index in [2.05, 4.69) is 13.8 Å². The molecule has 0 bridgehead atoms. The largest absolute Gasteiger partial charge is 0.0648 e. The van der Waals surface area contributed by atoms with Crippen LogP contribution in [0.3, 0.4) is 0 Å². The van der Waals surface area contributed by atoms with E-state index < -0.39 is 0 Å². The van der Waals surface area contributed by atoms with E-state index in [1.807, 2.05) is 0 Å². The summed E-state index contributed by atoms with van der Waals surface area (Å²) in [6.07, 6.45) is 7.55. The Bertz CT molecular complexity index is 129. The number of hydrogen-bond acceptors (Lipinski definition) is 0. The van der Waals surface area contributed by atoms with Gasteiger partial charge in [0.2, 0.25) is 0 Å². The first kappa shape index (κ1) is 6.69. The van der Waals surface area contributed by atoms with Crippen LogP contribution in [0.5, 0.6) is 0 Å². The van der Waals surface area contributed by atoms with Crippen molar-refractivity contribution >= 4 is 0 Å². The van der Waals surface area contributed by atoms with E-state index in [9.17, 15) is 0 Å². The molecule has 2 aliphatic rings. The van der Waals surface area contributed by atoms with Gasteiger partial charge in [-0.25, -0.2) is 0 Å². The topological polar surface area (TPSA) is 0 Å². The van der Waals surface area contributed by atoms with Crippen LogP contribution in [-0.4, -0.2) is 0 Å². The average Bonchev–Trinajstić information content (AvgIpc) is 2.84. The number of hydrogen-bond donors (Lipinski definition) is 0. The highest BCUT2D eigenvalue weighted by Gasteiger charge is 2.50. The van der Waals surface area contributed by atoms with Gasteiger partial charge in [0.05, 0.1) is 0 Å². The molecule has 0 saturated heterocycles. The normalized spacial score (nSPS) is 31.8. The summed E-state index contributed by atoms with van der Waals surface area (Å²) in [6.45, 7) is 4.85. The SMILES string of the molecule is CCC1(C(C)C2CC2)CC1. The van der Waals surface area contributed by atoms with E-state index in [-0.39, 0.29) is 0 Å². The lowest BCUT2D eigenvalue weighted by Gasteiger charge is -2.20. The molecule has 1 atom stereocenters. The summed E-state index contributed by atoms with van der Waals surface area (Å²) in [5.41, 5.74) is 0.834. The third-order valence-electron chi connectivity index (χ3n) is 3.89. The summed E-state index contributed by atoms with van der Waals surface area (Å²) in [5, 5.41) is 0. The fourth-order valence-corrected chi connectivity index (χ4v) is 2.39. The van der Waals surface area contributed by atoms with E-state index >= 15 is 0 Å². The monoisotopic (exact) mass is 138 g/mol. The van der Waals surface area contributed by atoms with E-state index in [4.69, 9.17) is 0 Å².